The van der Waals surface area contributed by atoms with Crippen LogP contribution in [0.5, 0.6) is 0 Å². The van der Waals surface area contributed by atoms with Crippen molar-refractivity contribution in [3.63, 3.8) is 0 Å². The van der Waals surface area contributed by atoms with E-state index in [2.05, 4.69) is 9.88 Å². The summed E-state index contributed by atoms with van der Waals surface area (Å²) in [4.78, 5) is 18.7. The topological polar surface area (TPSA) is 62.7 Å². The smallest absolute Gasteiger partial charge is 0.355 e. The molecular formula is C14H22N2O3S. The van der Waals surface area contributed by atoms with Gasteiger partial charge in [0, 0.05) is 25.6 Å². The number of carbonyl (C=O) groups is 1. The van der Waals surface area contributed by atoms with E-state index in [4.69, 9.17) is 4.74 Å². The van der Waals surface area contributed by atoms with E-state index in [9.17, 15) is 9.90 Å². The Labute approximate surface area is 123 Å². The van der Waals surface area contributed by atoms with Gasteiger partial charge in [0.2, 0.25) is 0 Å². The average molecular weight is 298 g/mol. The molecular weight excluding hydrogens is 276 g/mol. The molecule has 1 fully saturated rings. The van der Waals surface area contributed by atoms with Gasteiger partial charge in [-0.1, -0.05) is 13.8 Å². The molecule has 0 saturated carbocycles. The molecule has 0 spiro atoms. The summed E-state index contributed by atoms with van der Waals surface area (Å²) in [5.74, 6) is -0.674. The van der Waals surface area contributed by atoms with Gasteiger partial charge in [-0.15, -0.1) is 11.3 Å². The monoisotopic (exact) mass is 298 g/mol. The average Bonchev–Trinajstić information content (AvgIpc) is 2.71. The maximum atomic E-state index is 11.3. The van der Waals surface area contributed by atoms with Crippen molar-refractivity contribution in [1.29, 1.82) is 0 Å². The molecule has 1 aliphatic rings. The molecule has 0 radical (unpaired) electrons. The van der Waals surface area contributed by atoms with Crippen LogP contribution >= 0.6 is 11.3 Å². The van der Waals surface area contributed by atoms with Crippen molar-refractivity contribution in [1.82, 2.24) is 9.88 Å². The molecule has 20 heavy (non-hydrogen) atoms. The molecule has 2 atom stereocenters. The molecule has 5 nitrogen and oxygen atoms in total. The van der Waals surface area contributed by atoms with E-state index >= 15 is 0 Å². The summed E-state index contributed by atoms with van der Waals surface area (Å²) in [5.41, 5.74) is 0.213. The number of hydrogen-bond donors (Lipinski definition) is 1. The number of rotatable bonds is 4. The van der Waals surface area contributed by atoms with Crippen LogP contribution in [0.1, 0.15) is 54.0 Å². The molecule has 0 aliphatic carbocycles. The summed E-state index contributed by atoms with van der Waals surface area (Å²) in [6.45, 7) is 10.5. The molecule has 2 rings (SSSR count). The first-order valence-corrected chi connectivity index (χ1v) is 7.79. The lowest BCUT2D eigenvalue weighted by atomic mass is 10.2. The first-order valence-electron chi connectivity index (χ1n) is 6.97. The van der Waals surface area contributed by atoms with Gasteiger partial charge in [0.25, 0.3) is 0 Å². The molecule has 0 amide bonds. The Kier molecular flexibility index (Phi) is 4.78. The predicted octanol–water partition coefficient (Wildman–Crippen LogP) is 2.57. The zero-order chi connectivity index (χ0) is 14.9. The maximum Gasteiger partial charge on any atom is 0.355 e. The Morgan fingerprint density at radius 3 is 2.55 bits per heavy atom. The lowest BCUT2D eigenvalue weighted by Crippen LogP contribution is -2.44. The lowest BCUT2D eigenvalue weighted by Gasteiger charge is -2.35. The van der Waals surface area contributed by atoms with Crippen molar-refractivity contribution < 1.29 is 14.6 Å². The Bertz CT molecular complexity index is 477. The summed E-state index contributed by atoms with van der Waals surface area (Å²) in [5, 5.41) is 10.2. The number of aromatic nitrogens is 1. The Balaban J connectivity index is 2.17. The van der Waals surface area contributed by atoms with Crippen LogP contribution in [0.3, 0.4) is 0 Å². The summed E-state index contributed by atoms with van der Waals surface area (Å²) in [6, 6.07) is 0. The minimum absolute atomic E-state index is 0.185. The van der Waals surface area contributed by atoms with Gasteiger partial charge in [-0.05, 0) is 13.8 Å². The third kappa shape index (κ3) is 3.56. The van der Waals surface area contributed by atoms with E-state index < -0.39 is 5.97 Å². The van der Waals surface area contributed by atoms with Gasteiger partial charge in [-0.25, -0.2) is 9.78 Å². The first kappa shape index (κ1) is 15.4. The fraction of sp³-hybridized carbons (Fsp3) is 0.714. The van der Waals surface area contributed by atoms with Crippen LogP contribution < -0.4 is 0 Å². The summed E-state index contributed by atoms with van der Waals surface area (Å²) in [7, 11) is 0. The summed E-state index contributed by atoms with van der Waals surface area (Å²) >= 11 is 1.52. The van der Waals surface area contributed by atoms with E-state index in [0.717, 1.165) is 23.0 Å². The van der Waals surface area contributed by atoms with Gasteiger partial charge in [-0.2, -0.15) is 0 Å². The van der Waals surface area contributed by atoms with Crippen LogP contribution in [0.2, 0.25) is 0 Å². The van der Waals surface area contributed by atoms with Crippen molar-refractivity contribution in [2.75, 3.05) is 13.1 Å². The minimum Gasteiger partial charge on any atom is -0.476 e. The molecule has 1 aromatic heterocycles. The third-order valence-corrected chi connectivity index (χ3v) is 4.61. The predicted molar refractivity (Wildman–Crippen MR) is 78.4 cm³/mol. The second kappa shape index (κ2) is 6.20. The van der Waals surface area contributed by atoms with E-state index in [1.165, 1.54) is 11.3 Å². The normalized spacial score (nSPS) is 24.2. The fourth-order valence-corrected chi connectivity index (χ4v) is 3.61. The van der Waals surface area contributed by atoms with Gasteiger partial charge < -0.3 is 9.84 Å². The van der Waals surface area contributed by atoms with Crippen LogP contribution in [0.4, 0.5) is 0 Å². The third-order valence-electron chi connectivity index (χ3n) is 3.27. The largest absolute Gasteiger partial charge is 0.476 e. The van der Waals surface area contributed by atoms with Crippen LogP contribution in [-0.4, -0.2) is 46.3 Å². The van der Waals surface area contributed by atoms with Gasteiger partial charge in [0.15, 0.2) is 5.69 Å². The Hall–Kier alpha value is -0.980. The highest BCUT2D eigenvalue weighted by atomic mass is 32.1. The molecule has 1 N–H and O–H groups in total. The van der Waals surface area contributed by atoms with E-state index in [1.54, 1.807) is 0 Å². The molecule has 6 heteroatoms. The number of hydrogen-bond acceptors (Lipinski definition) is 5. The van der Waals surface area contributed by atoms with Gasteiger partial charge in [0.05, 0.1) is 22.1 Å². The number of aromatic carboxylic acids is 1. The zero-order valence-corrected chi connectivity index (χ0v) is 13.2. The second-order valence-corrected chi connectivity index (χ2v) is 6.85. The number of morpholine rings is 1. The van der Waals surface area contributed by atoms with Gasteiger partial charge >= 0.3 is 5.97 Å². The van der Waals surface area contributed by atoms with Crippen LogP contribution in [-0.2, 0) is 11.3 Å². The highest BCUT2D eigenvalue weighted by molar-refractivity contribution is 7.12. The first-order chi connectivity index (χ1) is 9.36. The highest BCUT2D eigenvalue weighted by Gasteiger charge is 2.26. The molecule has 0 aromatic carbocycles. The molecule has 1 aromatic rings. The lowest BCUT2D eigenvalue weighted by molar-refractivity contribution is -0.0702. The van der Waals surface area contributed by atoms with Crippen molar-refractivity contribution >= 4 is 17.3 Å². The van der Waals surface area contributed by atoms with Crippen molar-refractivity contribution in [3.05, 3.63) is 15.6 Å². The zero-order valence-electron chi connectivity index (χ0n) is 12.4. The molecule has 112 valence electrons. The number of carboxylic acids is 1. The number of ether oxygens (including phenoxy) is 1. The van der Waals surface area contributed by atoms with Gasteiger partial charge in [0.1, 0.15) is 0 Å². The molecule has 0 bridgehead atoms. The van der Waals surface area contributed by atoms with E-state index in [-0.39, 0.29) is 23.8 Å². The van der Waals surface area contributed by atoms with Crippen LogP contribution in [0, 0.1) is 0 Å². The number of nitrogens with zero attached hydrogens (tertiary/aromatic N) is 2. The van der Waals surface area contributed by atoms with E-state index in [1.807, 2.05) is 27.7 Å². The molecule has 2 unspecified atom stereocenters. The summed E-state index contributed by atoms with van der Waals surface area (Å²) < 4.78 is 5.70. The molecule has 1 saturated heterocycles. The quantitative estimate of drug-likeness (QED) is 0.925. The van der Waals surface area contributed by atoms with Crippen LogP contribution in [0.15, 0.2) is 0 Å². The molecule has 2 heterocycles. The number of thiazole rings is 1. The minimum atomic E-state index is -0.933. The van der Waals surface area contributed by atoms with Crippen molar-refractivity contribution in [3.8, 4) is 0 Å². The van der Waals surface area contributed by atoms with Crippen molar-refractivity contribution in [2.45, 2.75) is 52.4 Å². The Morgan fingerprint density at radius 1 is 1.45 bits per heavy atom. The van der Waals surface area contributed by atoms with E-state index in [0.29, 0.717) is 6.54 Å². The fourth-order valence-electron chi connectivity index (χ4n) is 2.51. The van der Waals surface area contributed by atoms with Crippen LogP contribution in [0.25, 0.3) is 0 Å². The molecule has 1 aliphatic heterocycles. The standard InChI is InChI=1S/C14H22N2O3S/c1-8(2)13-15-12(14(17)18)11(20-13)7-16-5-9(3)19-10(4)6-16/h8-10H,5-7H2,1-4H3,(H,17,18). The maximum absolute atomic E-state index is 11.3. The summed E-state index contributed by atoms with van der Waals surface area (Å²) in [6.07, 6.45) is 0.369. The highest BCUT2D eigenvalue weighted by Crippen LogP contribution is 2.27. The van der Waals surface area contributed by atoms with Crippen molar-refractivity contribution in [2.24, 2.45) is 0 Å². The SMILES string of the molecule is CC1CN(Cc2sc(C(C)C)nc2C(=O)O)CC(C)O1. The van der Waals surface area contributed by atoms with Gasteiger partial charge in [-0.3, -0.25) is 4.90 Å². The second-order valence-electron chi connectivity index (χ2n) is 5.74. The number of carboxylic acid groups (broad SMARTS) is 1. The Morgan fingerprint density at radius 2 is 2.05 bits per heavy atom.